The zero-order valence-electron chi connectivity index (χ0n) is 7.72. The van der Waals surface area contributed by atoms with E-state index in [1.165, 1.54) is 6.20 Å². The number of H-pyrrole nitrogens is 1. The van der Waals surface area contributed by atoms with E-state index in [0.717, 1.165) is 0 Å². The Morgan fingerprint density at radius 2 is 2.15 bits per heavy atom. The second kappa shape index (κ2) is 3.38. The molecule has 72 valence electrons. The highest BCUT2D eigenvalue weighted by atomic mass is 35.5. The minimum atomic E-state index is -0.441. The molecular weight excluding hydrogens is 192 g/mol. The SMILES string of the molecule is CC(C)(C)Oc1cn[nH]c(=O)c1Cl. The van der Waals surface area contributed by atoms with E-state index >= 15 is 0 Å². The number of ether oxygens (including phenoxy) is 1. The first-order valence-electron chi connectivity index (χ1n) is 3.82. The lowest BCUT2D eigenvalue weighted by Gasteiger charge is -2.20. The van der Waals surface area contributed by atoms with Crippen molar-refractivity contribution in [1.29, 1.82) is 0 Å². The van der Waals surface area contributed by atoms with E-state index < -0.39 is 5.56 Å². The third-order valence-electron chi connectivity index (χ3n) is 1.18. The van der Waals surface area contributed by atoms with Crippen LogP contribution in [0.5, 0.6) is 5.75 Å². The first-order chi connectivity index (χ1) is 5.90. The fourth-order valence-corrected chi connectivity index (χ4v) is 0.898. The molecule has 0 aliphatic carbocycles. The Labute approximate surface area is 80.9 Å². The quantitative estimate of drug-likeness (QED) is 0.753. The van der Waals surface area contributed by atoms with Crippen LogP contribution in [-0.2, 0) is 0 Å². The lowest BCUT2D eigenvalue weighted by Crippen LogP contribution is -2.24. The number of halogens is 1. The number of nitrogens with zero attached hydrogens (tertiary/aromatic N) is 1. The van der Waals surface area contributed by atoms with Crippen molar-refractivity contribution >= 4 is 11.6 Å². The molecule has 0 aromatic carbocycles. The van der Waals surface area contributed by atoms with E-state index in [1.807, 2.05) is 20.8 Å². The Kier molecular flexibility index (Phi) is 2.61. The molecule has 4 nitrogen and oxygen atoms in total. The van der Waals surface area contributed by atoms with Crippen molar-refractivity contribution in [3.63, 3.8) is 0 Å². The molecule has 0 bridgehead atoms. The van der Waals surface area contributed by atoms with Crippen LogP contribution in [0.3, 0.4) is 0 Å². The summed E-state index contributed by atoms with van der Waals surface area (Å²) in [6.45, 7) is 5.60. The highest BCUT2D eigenvalue weighted by molar-refractivity contribution is 6.31. The van der Waals surface area contributed by atoms with Crippen LogP contribution < -0.4 is 10.3 Å². The molecule has 1 rings (SSSR count). The second-order valence-corrected chi connectivity index (χ2v) is 3.97. The number of aromatic nitrogens is 2. The van der Waals surface area contributed by atoms with Gasteiger partial charge in [-0.2, -0.15) is 5.10 Å². The van der Waals surface area contributed by atoms with Gasteiger partial charge in [-0.1, -0.05) is 11.6 Å². The van der Waals surface area contributed by atoms with Gasteiger partial charge in [-0.25, -0.2) is 5.10 Å². The van der Waals surface area contributed by atoms with Crippen molar-refractivity contribution < 1.29 is 4.74 Å². The van der Waals surface area contributed by atoms with Gasteiger partial charge in [0, 0.05) is 0 Å². The minimum Gasteiger partial charge on any atom is -0.485 e. The van der Waals surface area contributed by atoms with Crippen LogP contribution >= 0.6 is 11.6 Å². The first kappa shape index (κ1) is 10.1. The van der Waals surface area contributed by atoms with E-state index in [4.69, 9.17) is 16.3 Å². The van der Waals surface area contributed by atoms with Gasteiger partial charge in [0.25, 0.3) is 5.56 Å². The van der Waals surface area contributed by atoms with Crippen molar-refractivity contribution in [2.24, 2.45) is 0 Å². The molecule has 1 N–H and O–H groups in total. The van der Waals surface area contributed by atoms with Gasteiger partial charge in [-0.05, 0) is 20.8 Å². The van der Waals surface area contributed by atoms with E-state index in [-0.39, 0.29) is 10.6 Å². The average Bonchev–Trinajstić information content (AvgIpc) is 1.96. The van der Waals surface area contributed by atoms with Gasteiger partial charge in [0.1, 0.15) is 5.60 Å². The number of nitrogens with one attached hydrogen (secondary N) is 1. The van der Waals surface area contributed by atoms with Crippen molar-refractivity contribution in [3.05, 3.63) is 21.6 Å². The van der Waals surface area contributed by atoms with Crippen molar-refractivity contribution in [2.45, 2.75) is 26.4 Å². The van der Waals surface area contributed by atoms with Crippen molar-refractivity contribution in [3.8, 4) is 5.75 Å². The maximum absolute atomic E-state index is 11.0. The normalized spacial score (nSPS) is 11.4. The van der Waals surface area contributed by atoms with Gasteiger partial charge in [0.15, 0.2) is 10.8 Å². The smallest absolute Gasteiger partial charge is 0.286 e. The fraction of sp³-hybridized carbons (Fsp3) is 0.500. The molecule has 13 heavy (non-hydrogen) atoms. The lowest BCUT2D eigenvalue weighted by atomic mass is 10.2. The van der Waals surface area contributed by atoms with Crippen LogP contribution in [0.25, 0.3) is 0 Å². The molecule has 0 atom stereocenters. The highest BCUT2D eigenvalue weighted by Gasteiger charge is 2.15. The van der Waals surface area contributed by atoms with E-state index in [2.05, 4.69) is 10.2 Å². The predicted molar refractivity (Wildman–Crippen MR) is 50.2 cm³/mol. The number of hydrogen-bond acceptors (Lipinski definition) is 3. The summed E-state index contributed by atoms with van der Waals surface area (Å²) < 4.78 is 5.40. The van der Waals surface area contributed by atoms with Crippen LogP contribution in [-0.4, -0.2) is 15.8 Å². The first-order valence-corrected chi connectivity index (χ1v) is 4.20. The molecule has 0 fully saturated rings. The second-order valence-electron chi connectivity index (χ2n) is 3.59. The van der Waals surface area contributed by atoms with Crippen LogP contribution in [0.15, 0.2) is 11.0 Å². The summed E-state index contributed by atoms with van der Waals surface area (Å²) in [5.74, 6) is 0.304. The van der Waals surface area contributed by atoms with Gasteiger partial charge in [-0.3, -0.25) is 4.79 Å². The largest absolute Gasteiger partial charge is 0.485 e. The van der Waals surface area contributed by atoms with Crippen LogP contribution in [0.4, 0.5) is 0 Å². The van der Waals surface area contributed by atoms with Crippen LogP contribution in [0.2, 0.25) is 5.02 Å². The number of rotatable bonds is 1. The van der Waals surface area contributed by atoms with E-state index in [1.54, 1.807) is 0 Å². The summed E-state index contributed by atoms with van der Waals surface area (Å²) in [6.07, 6.45) is 1.38. The van der Waals surface area contributed by atoms with Crippen LogP contribution in [0, 0.1) is 0 Å². The Morgan fingerprint density at radius 1 is 1.54 bits per heavy atom. The number of hydrogen-bond donors (Lipinski definition) is 1. The monoisotopic (exact) mass is 202 g/mol. The van der Waals surface area contributed by atoms with Gasteiger partial charge in [-0.15, -0.1) is 0 Å². The third kappa shape index (κ3) is 2.73. The molecule has 0 unspecified atom stereocenters. The summed E-state index contributed by atoms with van der Waals surface area (Å²) in [6, 6.07) is 0. The molecule has 5 heteroatoms. The Morgan fingerprint density at radius 3 is 2.69 bits per heavy atom. The molecule has 0 saturated carbocycles. The summed E-state index contributed by atoms with van der Waals surface area (Å²) in [5.41, 5.74) is -0.831. The zero-order valence-corrected chi connectivity index (χ0v) is 8.47. The molecule has 0 aliphatic heterocycles. The zero-order chi connectivity index (χ0) is 10.1. The molecule has 1 heterocycles. The topological polar surface area (TPSA) is 55.0 Å². The summed E-state index contributed by atoms with van der Waals surface area (Å²) in [5, 5.41) is 5.82. The summed E-state index contributed by atoms with van der Waals surface area (Å²) >= 11 is 5.69. The fourth-order valence-electron chi connectivity index (χ4n) is 0.768. The Bertz CT molecular complexity index is 354. The Balaban J connectivity index is 3.03. The maximum atomic E-state index is 11.0. The molecule has 0 amide bonds. The predicted octanol–water partition coefficient (Wildman–Crippen LogP) is 1.60. The van der Waals surface area contributed by atoms with Gasteiger partial charge in [0.2, 0.25) is 0 Å². The average molecular weight is 203 g/mol. The molecule has 1 aromatic heterocycles. The molecule has 0 aliphatic rings. The Hall–Kier alpha value is -1.03. The summed E-state index contributed by atoms with van der Waals surface area (Å²) in [4.78, 5) is 11.0. The standard InChI is InChI=1S/C8H11ClN2O2/c1-8(2,3)13-5-4-10-11-7(12)6(5)9/h4H,1-3H3,(H,11,12). The molecule has 0 radical (unpaired) electrons. The highest BCUT2D eigenvalue weighted by Crippen LogP contribution is 2.22. The number of aromatic amines is 1. The lowest BCUT2D eigenvalue weighted by molar-refractivity contribution is 0.130. The van der Waals surface area contributed by atoms with Gasteiger partial charge < -0.3 is 4.74 Å². The third-order valence-corrected chi connectivity index (χ3v) is 1.54. The van der Waals surface area contributed by atoms with Crippen molar-refractivity contribution in [1.82, 2.24) is 10.2 Å². The van der Waals surface area contributed by atoms with E-state index in [9.17, 15) is 4.79 Å². The molecular formula is C8H11ClN2O2. The molecule has 0 saturated heterocycles. The summed E-state index contributed by atoms with van der Waals surface area (Å²) in [7, 11) is 0. The van der Waals surface area contributed by atoms with Gasteiger partial charge >= 0.3 is 0 Å². The molecule has 0 spiro atoms. The van der Waals surface area contributed by atoms with Crippen LogP contribution in [0.1, 0.15) is 20.8 Å². The maximum Gasteiger partial charge on any atom is 0.286 e. The van der Waals surface area contributed by atoms with Crippen molar-refractivity contribution in [2.75, 3.05) is 0 Å². The van der Waals surface area contributed by atoms with E-state index in [0.29, 0.717) is 5.75 Å². The minimum absolute atomic E-state index is 0.0323. The molecule has 1 aromatic rings. The van der Waals surface area contributed by atoms with Gasteiger partial charge in [0.05, 0.1) is 6.20 Å².